The summed E-state index contributed by atoms with van der Waals surface area (Å²) >= 11 is 0. The Balaban J connectivity index is 2.30. The second-order valence-electron chi connectivity index (χ2n) is 6.86. The van der Waals surface area contributed by atoms with E-state index < -0.39 is 11.9 Å². The van der Waals surface area contributed by atoms with E-state index >= 15 is 0 Å². The first-order valence-electron chi connectivity index (χ1n) is 9.93. The van der Waals surface area contributed by atoms with Crippen LogP contribution in [0, 0.1) is 5.82 Å². The van der Waals surface area contributed by atoms with Crippen molar-refractivity contribution < 1.29 is 18.7 Å². The van der Waals surface area contributed by atoms with Crippen molar-refractivity contribution in [3.05, 3.63) is 65.5 Å². The topological polar surface area (TPSA) is 58.6 Å². The third-order valence-corrected chi connectivity index (χ3v) is 4.72. The lowest BCUT2D eigenvalue weighted by atomic mass is 10.1. The summed E-state index contributed by atoms with van der Waals surface area (Å²) in [5.41, 5.74) is 1.16. The number of benzene rings is 2. The zero-order chi connectivity index (χ0) is 21.2. The van der Waals surface area contributed by atoms with Gasteiger partial charge in [0.15, 0.2) is 0 Å². The third kappa shape index (κ3) is 6.31. The van der Waals surface area contributed by atoms with Gasteiger partial charge in [-0.15, -0.1) is 0 Å². The van der Waals surface area contributed by atoms with E-state index in [2.05, 4.69) is 5.32 Å². The Kier molecular flexibility index (Phi) is 8.65. The van der Waals surface area contributed by atoms with Crippen molar-refractivity contribution in [3.8, 4) is 5.75 Å². The summed E-state index contributed by atoms with van der Waals surface area (Å²) in [6.45, 7) is 4.62. The van der Waals surface area contributed by atoms with Crippen molar-refractivity contribution in [2.24, 2.45) is 0 Å². The summed E-state index contributed by atoms with van der Waals surface area (Å²) in [5, 5.41) is 2.87. The Hall–Kier alpha value is -2.89. The summed E-state index contributed by atoms with van der Waals surface area (Å²) in [7, 11) is 1.58. The fourth-order valence-electron chi connectivity index (χ4n) is 3.16. The molecule has 2 rings (SSSR count). The normalized spacial score (nSPS) is 11.6. The molecular weight excluding hydrogens is 371 g/mol. The van der Waals surface area contributed by atoms with E-state index in [4.69, 9.17) is 4.74 Å². The molecule has 0 spiro atoms. The van der Waals surface area contributed by atoms with Gasteiger partial charge in [-0.05, 0) is 42.2 Å². The average molecular weight is 400 g/mol. The second kappa shape index (κ2) is 11.2. The van der Waals surface area contributed by atoms with Gasteiger partial charge in [0.25, 0.3) is 0 Å². The van der Waals surface area contributed by atoms with Gasteiger partial charge in [-0.25, -0.2) is 4.39 Å². The number of methoxy groups -OCH3 is 1. The lowest BCUT2D eigenvalue weighted by Gasteiger charge is -2.31. The van der Waals surface area contributed by atoms with E-state index in [-0.39, 0.29) is 24.8 Å². The van der Waals surface area contributed by atoms with E-state index in [9.17, 15) is 14.0 Å². The highest BCUT2D eigenvalue weighted by Crippen LogP contribution is 2.19. The van der Waals surface area contributed by atoms with Crippen molar-refractivity contribution in [2.75, 3.05) is 13.7 Å². The maximum absolute atomic E-state index is 14.1. The molecule has 0 aliphatic carbocycles. The molecule has 156 valence electrons. The van der Waals surface area contributed by atoms with Gasteiger partial charge in [-0.1, -0.05) is 44.2 Å². The van der Waals surface area contributed by atoms with E-state index in [1.54, 1.807) is 25.3 Å². The van der Waals surface area contributed by atoms with Gasteiger partial charge in [-0.2, -0.15) is 0 Å². The van der Waals surface area contributed by atoms with Gasteiger partial charge in [0, 0.05) is 13.1 Å². The Labute approximate surface area is 171 Å². The molecule has 2 aromatic carbocycles. The number of hydrogen-bond donors (Lipinski definition) is 1. The molecule has 0 radical (unpaired) electrons. The lowest BCUT2D eigenvalue weighted by molar-refractivity contribution is -0.141. The summed E-state index contributed by atoms with van der Waals surface area (Å²) in [6, 6.07) is 12.9. The van der Waals surface area contributed by atoms with Crippen LogP contribution in [0.25, 0.3) is 0 Å². The molecule has 1 atom stereocenters. The molecule has 2 amide bonds. The van der Waals surface area contributed by atoms with Crippen LogP contribution in [0.4, 0.5) is 4.39 Å². The molecule has 2 aromatic rings. The second-order valence-corrected chi connectivity index (χ2v) is 6.86. The molecule has 0 aromatic heterocycles. The number of carbonyl (C=O) groups excluding carboxylic acids is 2. The zero-order valence-corrected chi connectivity index (χ0v) is 17.3. The molecule has 0 fully saturated rings. The van der Waals surface area contributed by atoms with Crippen molar-refractivity contribution in [1.29, 1.82) is 0 Å². The molecule has 0 heterocycles. The van der Waals surface area contributed by atoms with Crippen molar-refractivity contribution in [3.63, 3.8) is 0 Å². The van der Waals surface area contributed by atoms with Crippen molar-refractivity contribution in [1.82, 2.24) is 10.2 Å². The first-order chi connectivity index (χ1) is 14.0. The standard InChI is InChI=1S/C23H29FN2O3/c1-4-13-25-23(28)21(5-2)26(16-17-9-8-11-19(14-17)29-3)22(27)15-18-10-6-7-12-20(18)24/h6-12,14,21H,4-5,13,15-16H2,1-3H3,(H,25,28). The van der Waals surface area contributed by atoms with Crippen LogP contribution < -0.4 is 10.1 Å². The highest BCUT2D eigenvalue weighted by atomic mass is 19.1. The maximum Gasteiger partial charge on any atom is 0.242 e. The molecule has 1 unspecified atom stereocenters. The fourth-order valence-corrected chi connectivity index (χ4v) is 3.16. The van der Waals surface area contributed by atoms with Gasteiger partial charge in [0.2, 0.25) is 11.8 Å². The van der Waals surface area contributed by atoms with Gasteiger partial charge in [0.05, 0.1) is 13.5 Å². The number of amides is 2. The summed E-state index contributed by atoms with van der Waals surface area (Å²) in [5.74, 6) is -0.242. The molecule has 6 heteroatoms. The first-order valence-corrected chi connectivity index (χ1v) is 9.93. The number of nitrogens with one attached hydrogen (secondary N) is 1. The van der Waals surface area contributed by atoms with Gasteiger partial charge in [0.1, 0.15) is 17.6 Å². The molecule has 0 saturated carbocycles. The number of hydrogen-bond acceptors (Lipinski definition) is 3. The van der Waals surface area contributed by atoms with Gasteiger partial charge >= 0.3 is 0 Å². The van der Waals surface area contributed by atoms with Crippen molar-refractivity contribution >= 4 is 11.8 Å². The largest absolute Gasteiger partial charge is 0.497 e. The van der Waals surface area contributed by atoms with Crippen LogP contribution in [0.3, 0.4) is 0 Å². The summed E-state index contributed by atoms with van der Waals surface area (Å²) < 4.78 is 19.3. The molecule has 5 nitrogen and oxygen atoms in total. The number of ether oxygens (including phenoxy) is 1. The molecule has 0 aliphatic heterocycles. The van der Waals surface area contributed by atoms with E-state index in [0.717, 1.165) is 12.0 Å². The highest BCUT2D eigenvalue weighted by molar-refractivity contribution is 5.88. The number of nitrogens with zero attached hydrogens (tertiary/aromatic N) is 1. The third-order valence-electron chi connectivity index (χ3n) is 4.72. The predicted molar refractivity (Wildman–Crippen MR) is 111 cm³/mol. The Bertz CT molecular complexity index is 825. The summed E-state index contributed by atoms with van der Waals surface area (Å²) in [4.78, 5) is 27.4. The van der Waals surface area contributed by atoms with E-state index in [0.29, 0.717) is 24.3 Å². The average Bonchev–Trinajstić information content (AvgIpc) is 2.73. The monoisotopic (exact) mass is 400 g/mol. The van der Waals surface area contributed by atoms with Crippen LogP contribution in [-0.2, 0) is 22.6 Å². The molecule has 0 bridgehead atoms. The van der Waals surface area contributed by atoms with Gasteiger partial charge in [-0.3, -0.25) is 9.59 Å². The molecular formula is C23H29FN2O3. The number of rotatable bonds is 10. The van der Waals surface area contributed by atoms with Crippen LogP contribution in [0.15, 0.2) is 48.5 Å². The van der Waals surface area contributed by atoms with Crippen LogP contribution in [0.2, 0.25) is 0 Å². The van der Waals surface area contributed by atoms with Crippen molar-refractivity contribution in [2.45, 2.75) is 45.7 Å². The number of halogens is 1. The maximum atomic E-state index is 14.1. The highest BCUT2D eigenvalue weighted by Gasteiger charge is 2.29. The molecule has 29 heavy (non-hydrogen) atoms. The quantitative estimate of drug-likeness (QED) is 0.661. The Morgan fingerprint density at radius 3 is 2.55 bits per heavy atom. The molecule has 1 N–H and O–H groups in total. The van der Waals surface area contributed by atoms with Crippen LogP contribution >= 0.6 is 0 Å². The first kappa shape index (κ1) is 22.4. The SMILES string of the molecule is CCCNC(=O)C(CC)N(Cc1cccc(OC)c1)C(=O)Cc1ccccc1F. The van der Waals surface area contributed by atoms with Gasteiger partial charge < -0.3 is 15.0 Å². The minimum atomic E-state index is -0.632. The van der Waals surface area contributed by atoms with Crippen LogP contribution in [0.5, 0.6) is 5.75 Å². The number of carbonyl (C=O) groups is 2. The predicted octanol–water partition coefficient (Wildman–Crippen LogP) is 3.71. The Morgan fingerprint density at radius 2 is 1.90 bits per heavy atom. The fraction of sp³-hybridized carbons (Fsp3) is 0.391. The van der Waals surface area contributed by atoms with Crippen LogP contribution in [-0.4, -0.2) is 36.4 Å². The van der Waals surface area contributed by atoms with E-state index in [1.807, 2.05) is 38.1 Å². The molecule has 0 aliphatic rings. The minimum absolute atomic E-state index is 0.103. The molecule has 0 saturated heterocycles. The smallest absolute Gasteiger partial charge is 0.242 e. The lowest BCUT2D eigenvalue weighted by Crippen LogP contribution is -2.49. The Morgan fingerprint density at radius 1 is 1.14 bits per heavy atom. The van der Waals surface area contributed by atoms with Crippen LogP contribution in [0.1, 0.15) is 37.8 Å². The summed E-state index contributed by atoms with van der Waals surface area (Å²) in [6.07, 6.45) is 1.16. The van der Waals surface area contributed by atoms with E-state index in [1.165, 1.54) is 11.0 Å². The minimum Gasteiger partial charge on any atom is -0.497 e. The zero-order valence-electron chi connectivity index (χ0n) is 17.3.